The first-order valence-electron chi connectivity index (χ1n) is 7.19. The van der Waals surface area contributed by atoms with Gasteiger partial charge < -0.3 is 10.6 Å². The molecular weight excluding hydrogens is 252 g/mol. The maximum Gasteiger partial charge on any atom is 0.272 e. The molecule has 0 radical (unpaired) electrons. The van der Waals surface area contributed by atoms with Crippen LogP contribution in [0.1, 0.15) is 29.8 Å². The maximum atomic E-state index is 12.2. The number of aryl methyl sites for hydroxylation is 1. The second-order valence-corrected chi connectivity index (χ2v) is 5.33. The Kier molecular flexibility index (Phi) is 3.69. The van der Waals surface area contributed by atoms with Crippen LogP contribution in [-0.2, 0) is 7.05 Å². The van der Waals surface area contributed by atoms with E-state index in [1.165, 1.54) is 12.8 Å². The van der Waals surface area contributed by atoms with Crippen LogP contribution in [0.25, 0.3) is 10.9 Å². The fourth-order valence-electron chi connectivity index (χ4n) is 2.83. The summed E-state index contributed by atoms with van der Waals surface area (Å²) in [6, 6.07) is 8.36. The number of carbonyl (C=O) groups is 1. The molecule has 20 heavy (non-hydrogen) atoms. The molecule has 1 fully saturated rings. The Morgan fingerprint density at radius 1 is 1.50 bits per heavy atom. The van der Waals surface area contributed by atoms with Gasteiger partial charge in [-0.1, -0.05) is 18.2 Å². The van der Waals surface area contributed by atoms with Crippen LogP contribution in [-0.4, -0.2) is 34.8 Å². The number of amides is 1. The first-order valence-corrected chi connectivity index (χ1v) is 7.19. The molecule has 2 aromatic rings. The van der Waals surface area contributed by atoms with Crippen LogP contribution in [0, 0.1) is 0 Å². The van der Waals surface area contributed by atoms with E-state index in [1.807, 2.05) is 31.3 Å². The number of fused-ring (bicyclic) bond motifs is 1. The molecule has 1 aromatic heterocycles. The van der Waals surface area contributed by atoms with Crippen molar-refractivity contribution in [2.24, 2.45) is 7.05 Å². The second-order valence-electron chi connectivity index (χ2n) is 5.33. The van der Waals surface area contributed by atoms with E-state index in [1.54, 1.807) is 4.68 Å². The lowest BCUT2D eigenvalue weighted by atomic mass is 10.1. The Labute approximate surface area is 118 Å². The van der Waals surface area contributed by atoms with Crippen molar-refractivity contribution in [3.63, 3.8) is 0 Å². The van der Waals surface area contributed by atoms with E-state index < -0.39 is 0 Å². The number of nitrogens with one attached hydrogen (secondary N) is 2. The Balaban J connectivity index is 1.66. The van der Waals surface area contributed by atoms with E-state index in [2.05, 4.69) is 15.7 Å². The zero-order chi connectivity index (χ0) is 13.9. The lowest BCUT2D eigenvalue weighted by Crippen LogP contribution is -2.30. The number of hydrogen-bond donors (Lipinski definition) is 2. The van der Waals surface area contributed by atoms with Crippen molar-refractivity contribution in [1.29, 1.82) is 0 Å². The SMILES string of the molecule is Cn1nc(C(=O)NCCC2CCCN2)c2ccccc21. The highest BCUT2D eigenvalue weighted by Crippen LogP contribution is 2.17. The molecule has 5 heteroatoms. The number of aromatic nitrogens is 2. The average molecular weight is 272 g/mol. The molecule has 0 aliphatic carbocycles. The number of benzene rings is 1. The zero-order valence-electron chi connectivity index (χ0n) is 11.7. The third kappa shape index (κ3) is 2.54. The first-order chi connectivity index (χ1) is 9.75. The predicted octanol–water partition coefficient (Wildman–Crippen LogP) is 1.45. The van der Waals surface area contributed by atoms with Gasteiger partial charge in [-0.2, -0.15) is 5.10 Å². The van der Waals surface area contributed by atoms with Gasteiger partial charge in [0.25, 0.3) is 5.91 Å². The summed E-state index contributed by atoms with van der Waals surface area (Å²) in [5, 5.41) is 11.6. The van der Waals surface area contributed by atoms with Gasteiger partial charge in [0, 0.05) is 25.0 Å². The molecule has 1 aromatic carbocycles. The molecule has 0 bridgehead atoms. The molecule has 1 atom stereocenters. The normalized spacial score (nSPS) is 18.6. The highest BCUT2D eigenvalue weighted by Gasteiger charge is 2.17. The van der Waals surface area contributed by atoms with E-state index in [0.717, 1.165) is 23.9 Å². The number of rotatable bonds is 4. The summed E-state index contributed by atoms with van der Waals surface area (Å²) in [4.78, 5) is 12.2. The van der Waals surface area contributed by atoms with Crippen LogP contribution in [0.5, 0.6) is 0 Å². The summed E-state index contributed by atoms with van der Waals surface area (Å²) in [6.07, 6.45) is 3.43. The Bertz CT molecular complexity index is 613. The first kappa shape index (κ1) is 13.1. The van der Waals surface area contributed by atoms with Gasteiger partial charge in [0.05, 0.1) is 5.52 Å². The van der Waals surface area contributed by atoms with Crippen LogP contribution in [0.15, 0.2) is 24.3 Å². The molecule has 5 nitrogen and oxygen atoms in total. The molecule has 2 N–H and O–H groups in total. The van der Waals surface area contributed by atoms with Gasteiger partial charge in [0.2, 0.25) is 0 Å². The van der Waals surface area contributed by atoms with Crippen LogP contribution in [0.4, 0.5) is 0 Å². The van der Waals surface area contributed by atoms with Crippen LogP contribution >= 0.6 is 0 Å². The Morgan fingerprint density at radius 2 is 2.35 bits per heavy atom. The summed E-state index contributed by atoms with van der Waals surface area (Å²) in [5.74, 6) is -0.0835. The van der Waals surface area contributed by atoms with Crippen molar-refractivity contribution in [3.8, 4) is 0 Å². The smallest absolute Gasteiger partial charge is 0.272 e. The molecule has 1 unspecified atom stereocenters. The van der Waals surface area contributed by atoms with Gasteiger partial charge in [0.15, 0.2) is 5.69 Å². The fourth-order valence-corrected chi connectivity index (χ4v) is 2.83. The summed E-state index contributed by atoms with van der Waals surface area (Å²) in [6.45, 7) is 1.80. The lowest BCUT2D eigenvalue weighted by molar-refractivity contribution is 0.0948. The van der Waals surface area contributed by atoms with Gasteiger partial charge >= 0.3 is 0 Å². The van der Waals surface area contributed by atoms with E-state index in [4.69, 9.17) is 0 Å². The zero-order valence-corrected chi connectivity index (χ0v) is 11.7. The van der Waals surface area contributed by atoms with Crippen LogP contribution < -0.4 is 10.6 Å². The summed E-state index contributed by atoms with van der Waals surface area (Å²) in [5.41, 5.74) is 1.50. The lowest BCUT2D eigenvalue weighted by Gasteiger charge is -2.10. The van der Waals surface area contributed by atoms with Crippen LogP contribution in [0.2, 0.25) is 0 Å². The highest BCUT2D eigenvalue weighted by molar-refractivity contribution is 6.04. The highest BCUT2D eigenvalue weighted by atomic mass is 16.1. The summed E-state index contributed by atoms with van der Waals surface area (Å²) < 4.78 is 1.75. The number of carbonyl (C=O) groups excluding carboxylic acids is 1. The second kappa shape index (κ2) is 5.63. The minimum absolute atomic E-state index is 0.0835. The van der Waals surface area contributed by atoms with Crippen molar-refractivity contribution >= 4 is 16.8 Å². The van der Waals surface area contributed by atoms with Gasteiger partial charge in [-0.15, -0.1) is 0 Å². The minimum atomic E-state index is -0.0835. The summed E-state index contributed by atoms with van der Waals surface area (Å²) >= 11 is 0. The molecule has 1 aliphatic rings. The number of para-hydroxylation sites is 1. The predicted molar refractivity (Wildman–Crippen MR) is 78.7 cm³/mol. The third-order valence-electron chi connectivity index (χ3n) is 3.91. The van der Waals surface area contributed by atoms with Crippen molar-refractivity contribution in [2.75, 3.05) is 13.1 Å². The molecule has 3 rings (SSSR count). The van der Waals surface area contributed by atoms with Crippen LogP contribution in [0.3, 0.4) is 0 Å². The van der Waals surface area contributed by atoms with Crippen molar-refractivity contribution in [3.05, 3.63) is 30.0 Å². The van der Waals surface area contributed by atoms with Gasteiger partial charge in [-0.3, -0.25) is 9.48 Å². The van der Waals surface area contributed by atoms with Crippen molar-refractivity contribution in [2.45, 2.75) is 25.3 Å². The maximum absolute atomic E-state index is 12.2. The van der Waals surface area contributed by atoms with Crippen molar-refractivity contribution < 1.29 is 4.79 Å². The van der Waals surface area contributed by atoms with E-state index in [-0.39, 0.29) is 5.91 Å². The molecule has 1 amide bonds. The topological polar surface area (TPSA) is 59.0 Å². The standard InChI is InChI=1S/C15H20N4O/c1-19-13-7-3-2-6-12(13)14(18-19)15(20)17-10-8-11-5-4-9-16-11/h2-3,6-7,11,16H,4-5,8-10H2,1H3,(H,17,20). The number of hydrogen-bond acceptors (Lipinski definition) is 3. The molecule has 2 heterocycles. The van der Waals surface area contributed by atoms with Gasteiger partial charge in [-0.25, -0.2) is 0 Å². The Morgan fingerprint density at radius 3 is 3.15 bits per heavy atom. The molecule has 1 saturated heterocycles. The van der Waals surface area contributed by atoms with E-state index in [9.17, 15) is 4.79 Å². The molecule has 0 spiro atoms. The Hall–Kier alpha value is -1.88. The summed E-state index contributed by atoms with van der Waals surface area (Å²) in [7, 11) is 1.86. The third-order valence-corrected chi connectivity index (χ3v) is 3.91. The average Bonchev–Trinajstić information content (AvgIpc) is 3.08. The molecule has 106 valence electrons. The van der Waals surface area contributed by atoms with Gasteiger partial charge in [0.1, 0.15) is 0 Å². The molecule has 1 aliphatic heterocycles. The van der Waals surface area contributed by atoms with E-state index in [0.29, 0.717) is 18.3 Å². The molecule has 0 saturated carbocycles. The largest absolute Gasteiger partial charge is 0.351 e. The minimum Gasteiger partial charge on any atom is -0.351 e. The quantitative estimate of drug-likeness (QED) is 0.885. The molecular formula is C15H20N4O. The van der Waals surface area contributed by atoms with E-state index >= 15 is 0 Å². The van der Waals surface area contributed by atoms with Crippen molar-refractivity contribution in [1.82, 2.24) is 20.4 Å². The monoisotopic (exact) mass is 272 g/mol. The number of nitrogens with zero attached hydrogens (tertiary/aromatic N) is 2. The fraction of sp³-hybridized carbons (Fsp3) is 0.467. The van der Waals surface area contributed by atoms with Gasteiger partial charge in [-0.05, 0) is 31.9 Å².